The summed E-state index contributed by atoms with van der Waals surface area (Å²) in [4.78, 5) is 11.3. The van der Waals surface area contributed by atoms with Crippen LogP contribution in [0.2, 0.25) is 0 Å². The van der Waals surface area contributed by atoms with Gasteiger partial charge in [0, 0.05) is 24.9 Å². The van der Waals surface area contributed by atoms with Crippen molar-refractivity contribution in [2.24, 2.45) is 0 Å². The molecule has 3 N–H and O–H groups in total. The standard InChI is InChI=1S/C16H30N2O2S/c1-15(16(20)18-14-21)13-17-11-9-7-5-3-2-4-6-8-10-12-19/h13-14,17,19H,2-12H2,1H3,(H,18,20,21)/b15-13-. The van der Waals surface area contributed by atoms with Crippen LogP contribution in [0.15, 0.2) is 11.8 Å². The van der Waals surface area contributed by atoms with Gasteiger partial charge in [-0.2, -0.15) is 0 Å². The molecule has 0 unspecified atom stereocenters. The Kier molecular flexibility index (Phi) is 14.8. The third-order valence-corrected chi connectivity index (χ3v) is 3.46. The van der Waals surface area contributed by atoms with E-state index < -0.39 is 0 Å². The Labute approximate surface area is 134 Å². The molecule has 0 saturated carbocycles. The van der Waals surface area contributed by atoms with Gasteiger partial charge in [0.25, 0.3) is 5.91 Å². The molecule has 1 amide bonds. The molecular formula is C16H30N2O2S. The van der Waals surface area contributed by atoms with Crippen LogP contribution in [0.25, 0.3) is 0 Å². The van der Waals surface area contributed by atoms with E-state index in [1.165, 1.54) is 44.0 Å². The van der Waals surface area contributed by atoms with Crippen LogP contribution in [0, 0.1) is 0 Å². The number of amides is 1. The van der Waals surface area contributed by atoms with E-state index in [-0.39, 0.29) is 5.91 Å². The number of hydrogen-bond donors (Lipinski definition) is 3. The molecular weight excluding hydrogens is 284 g/mol. The van der Waals surface area contributed by atoms with E-state index in [2.05, 4.69) is 22.9 Å². The van der Waals surface area contributed by atoms with Crippen molar-refractivity contribution in [1.82, 2.24) is 10.6 Å². The molecule has 0 atom stereocenters. The number of carbonyl (C=O) groups excluding carboxylic acids is 1. The molecule has 4 nitrogen and oxygen atoms in total. The fourth-order valence-corrected chi connectivity index (χ4v) is 2.14. The van der Waals surface area contributed by atoms with Crippen LogP contribution in [0.3, 0.4) is 0 Å². The van der Waals surface area contributed by atoms with Crippen molar-refractivity contribution in [3.8, 4) is 0 Å². The maximum atomic E-state index is 11.3. The van der Waals surface area contributed by atoms with E-state index in [4.69, 9.17) is 5.11 Å². The molecule has 0 aliphatic carbocycles. The third kappa shape index (κ3) is 13.8. The van der Waals surface area contributed by atoms with Gasteiger partial charge in [-0.3, -0.25) is 4.79 Å². The van der Waals surface area contributed by atoms with Gasteiger partial charge in [-0.15, -0.1) is 0 Å². The van der Waals surface area contributed by atoms with Crippen molar-refractivity contribution in [3.63, 3.8) is 0 Å². The van der Waals surface area contributed by atoms with Gasteiger partial charge in [0.15, 0.2) is 0 Å². The Morgan fingerprint density at radius 1 is 1.00 bits per heavy atom. The predicted octanol–water partition coefficient (Wildman–Crippen LogP) is 3.06. The fourth-order valence-electron chi connectivity index (χ4n) is 2.03. The quantitative estimate of drug-likeness (QED) is 0.262. The van der Waals surface area contributed by atoms with Gasteiger partial charge < -0.3 is 15.7 Å². The fraction of sp³-hybridized carbons (Fsp3) is 0.750. The van der Waals surface area contributed by atoms with Gasteiger partial charge in [-0.25, -0.2) is 0 Å². The van der Waals surface area contributed by atoms with Crippen LogP contribution in [0.4, 0.5) is 0 Å². The van der Waals surface area contributed by atoms with Crippen LogP contribution >= 0.6 is 12.2 Å². The molecule has 0 aromatic heterocycles. The van der Waals surface area contributed by atoms with Gasteiger partial charge >= 0.3 is 0 Å². The molecule has 21 heavy (non-hydrogen) atoms. The Hall–Kier alpha value is -0.940. The Bertz CT molecular complexity index is 307. The number of carbonyl (C=O) groups is 1. The zero-order valence-electron chi connectivity index (χ0n) is 13.2. The van der Waals surface area contributed by atoms with Gasteiger partial charge in [0.05, 0.1) is 5.49 Å². The molecule has 0 spiro atoms. The minimum absolute atomic E-state index is 0.154. The van der Waals surface area contributed by atoms with E-state index in [1.807, 2.05) is 0 Å². The lowest BCUT2D eigenvalue weighted by molar-refractivity contribution is -0.116. The van der Waals surface area contributed by atoms with Crippen molar-refractivity contribution < 1.29 is 9.90 Å². The minimum Gasteiger partial charge on any atom is -0.396 e. The highest BCUT2D eigenvalue weighted by Crippen LogP contribution is 2.09. The van der Waals surface area contributed by atoms with Crippen molar-refractivity contribution in [1.29, 1.82) is 0 Å². The average Bonchev–Trinajstić information content (AvgIpc) is 2.48. The Morgan fingerprint density at radius 2 is 1.52 bits per heavy atom. The molecule has 0 aromatic carbocycles. The maximum absolute atomic E-state index is 11.3. The maximum Gasteiger partial charge on any atom is 0.252 e. The van der Waals surface area contributed by atoms with Crippen LogP contribution in [0.1, 0.15) is 64.7 Å². The Balaban J connectivity index is 3.30. The van der Waals surface area contributed by atoms with Gasteiger partial charge in [0.1, 0.15) is 0 Å². The summed E-state index contributed by atoms with van der Waals surface area (Å²) in [6.07, 6.45) is 12.6. The first-order valence-corrected chi connectivity index (χ1v) is 8.45. The summed E-state index contributed by atoms with van der Waals surface area (Å²) in [5, 5.41) is 14.3. The highest BCUT2D eigenvalue weighted by Gasteiger charge is 1.99. The molecule has 0 aliphatic heterocycles. The van der Waals surface area contributed by atoms with Crippen LogP contribution in [-0.4, -0.2) is 29.7 Å². The molecule has 0 bridgehead atoms. The second-order valence-corrected chi connectivity index (χ2v) is 5.51. The summed E-state index contributed by atoms with van der Waals surface area (Å²) in [7, 11) is 0. The monoisotopic (exact) mass is 314 g/mol. The number of aliphatic hydroxyl groups is 1. The lowest BCUT2D eigenvalue weighted by atomic mass is 10.1. The smallest absolute Gasteiger partial charge is 0.252 e. The van der Waals surface area contributed by atoms with Gasteiger partial charge in [-0.05, 0) is 19.8 Å². The molecule has 122 valence electrons. The number of hydrogen-bond acceptors (Lipinski definition) is 4. The largest absolute Gasteiger partial charge is 0.396 e. The minimum atomic E-state index is -0.154. The second-order valence-electron chi connectivity index (χ2n) is 5.28. The summed E-state index contributed by atoms with van der Waals surface area (Å²) in [6.45, 7) is 2.99. The van der Waals surface area contributed by atoms with Crippen LogP contribution < -0.4 is 10.6 Å². The van der Waals surface area contributed by atoms with Gasteiger partial charge in [0.2, 0.25) is 0 Å². The first kappa shape index (κ1) is 20.1. The number of aliphatic hydroxyl groups excluding tert-OH is 1. The lowest BCUT2D eigenvalue weighted by Gasteiger charge is -2.04. The summed E-state index contributed by atoms with van der Waals surface area (Å²) in [6, 6.07) is 0. The predicted molar refractivity (Wildman–Crippen MR) is 92.2 cm³/mol. The number of rotatable bonds is 14. The summed E-state index contributed by atoms with van der Waals surface area (Å²) in [5.74, 6) is -0.154. The molecule has 0 radical (unpaired) electrons. The molecule has 0 aliphatic rings. The van der Waals surface area contributed by atoms with E-state index >= 15 is 0 Å². The van der Waals surface area contributed by atoms with Crippen molar-refractivity contribution >= 4 is 23.6 Å². The van der Waals surface area contributed by atoms with E-state index in [9.17, 15) is 4.79 Å². The third-order valence-electron chi connectivity index (χ3n) is 3.35. The first-order valence-electron chi connectivity index (χ1n) is 7.98. The zero-order valence-corrected chi connectivity index (χ0v) is 14.0. The molecule has 0 fully saturated rings. The number of nitrogens with one attached hydrogen (secondary N) is 2. The van der Waals surface area contributed by atoms with Gasteiger partial charge in [-0.1, -0.05) is 57.2 Å². The summed E-state index contributed by atoms with van der Waals surface area (Å²) in [5.41, 5.74) is 1.86. The molecule has 5 heteroatoms. The van der Waals surface area contributed by atoms with E-state index in [0.717, 1.165) is 25.8 Å². The highest BCUT2D eigenvalue weighted by molar-refractivity contribution is 7.78. The SMILES string of the molecule is C/C(=C/NCCCCCCCCCCCO)C(=O)NC=S. The topological polar surface area (TPSA) is 61.4 Å². The lowest BCUT2D eigenvalue weighted by Crippen LogP contribution is -2.22. The molecule has 0 saturated heterocycles. The molecule has 0 heterocycles. The Morgan fingerprint density at radius 3 is 2.05 bits per heavy atom. The summed E-state index contributed by atoms with van der Waals surface area (Å²) < 4.78 is 0. The highest BCUT2D eigenvalue weighted by atomic mass is 32.1. The van der Waals surface area contributed by atoms with Crippen molar-refractivity contribution in [2.45, 2.75) is 64.7 Å². The zero-order chi connectivity index (χ0) is 15.8. The molecule has 0 rings (SSSR count). The van der Waals surface area contributed by atoms with Crippen LogP contribution in [-0.2, 0) is 4.79 Å². The first-order chi connectivity index (χ1) is 10.2. The number of unbranched alkanes of at least 4 members (excludes halogenated alkanes) is 8. The second kappa shape index (κ2) is 15.4. The van der Waals surface area contributed by atoms with Crippen molar-refractivity contribution in [2.75, 3.05) is 13.2 Å². The van der Waals surface area contributed by atoms with E-state index in [1.54, 1.807) is 13.1 Å². The summed E-state index contributed by atoms with van der Waals surface area (Å²) >= 11 is 4.57. The average molecular weight is 314 g/mol. The normalized spacial score (nSPS) is 11.2. The van der Waals surface area contributed by atoms with E-state index in [0.29, 0.717) is 12.2 Å². The number of thiocarbonyl (C=S) groups is 1. The van der Waals surface area contributed by atoms with Crippen LogP contribution in [0.5, 0.6) is 0 Å². The van der Waals surface area contributed by atoms with Crippen molar-refractivity contribution in [3.05, 3.63) is 11.8 Å². The molecule has 0 aromatic rings.